The second-order valence-electron chi connectivity index (χ2n) is 10.5. The third-order valence-corrected chi connectivity index (χ3v) is 9.16. The van der Waals surface area contributed by atoms with Gasteiger partial charge in [-0.3, -0.25) is 0 Å². The Morgan fingerprint density at radius 2 is 1.59 bits per heavy atom. The quantitative estimate of drug-likeness (QED) is 0.706. The van der Waals surface area contributed by atoms with Crippen molar-refractivity contribution in [1.82, 2.24) is 0 Å². The molecule has 1 unspecified atom stereocenters. The van der Waals surface area contributed by atoms with Gasteiger partial charge in [-0.2, -0.15) is 0 Å². The van der Waals surface area contributed by atoms with Crippen LogP contribution in [0.5, 0.6) is 0 Å². The molecule has 1 spiro atoms. The lowest BCUT2D eigenvalue weighted by molar-refractivity contribution is -0.224. The SMILES string of the molecule is CC1(C)CCC[C@@]2(C)[C@H]1C[C@H](O)[C@H]1C[C@@H](O)C3(C)CC[C@]12C3. The molecule has 126 valence electrons. The van der Waals surface area contributed by atoms with Gasteiger partial charge in [0.25, 0.3) is 0 Å². The van der Waals surface area contributed by atoms with Crippen molar-refractivity contribution in [3.05, 3.63) is 0 Å². The monoisotopic (exact) mass is 306 g/mol. The lowest BCUT2D eigenvalue weighted by atomic mass is 9.38. The van der Waals surface area contributed by atoms with Crippen LogP contribution in [0.1, 0.15) is 79.1 Å². The highest BCUT2D eigenvalue weighted by molar-refractivity contribution is 5.19. The third-order valence-electron chi connectivity index (χ3n) is 9.16. The van der Waals surface area contributed by atoms with Crippen molar-refractivity contribution < 1.29 is 10.2 Å². The Hall–Kier alpha value is -0.0800. The Morgan fingerprint density at radius 3 is 2.32 bits per heavy atom. The topological polar surface area (TPSA) is 40.5 Å². The van der Waals surface area contributed by atoms with Crippen molar-refractivity contribution in [2.45, 2.75) is 91.3 Å². The summed E-state index contributed by atoms with van der Waals surface area (Å²) in [7, 11) is 0. The fourth-order valence-electron chi connectivity index (χ4n) is 7.90. The van der Waals surface area contributed by atoms with Crippen molar-refractivity contribution in [2.75, 3.05) is 0 Å². The first-order chi connectivity index (χ1) is 10.1. The maximum atomic E-state index is 11.0. The molecule has 0 saturated heterocycles. The molecule has 0 heterocycles. The molecular weight excluding hydrogens is 272 g/mol. The molecule has 4 aliphatic carbocycles. The fraction of sp³-hybridized carbons (Fsp3) is 1.00. The largest absolute Gasteiger partial charge is 0.393 e. The molecule has 0 aromatic carbocycles. The molecule has 7 atom stereocenters. The molecule has 0 aromatic rings. The van der Waals surface area contributed by atoms with Crippen LogP contribution in [-0.4, -0.2) is 22.4 Å². The summed E-state index contributed by atoms with van der Waals surface area (Å²) in [6, 6.07) is 0. The Bertz CT molecular complexity index is 486. The zero-order valence-corrected chi connectivity index (χ0v) is 14.9. The number of rotatable bonds is 0. The van der Waals surface area contributed by atoms with Crippen LogP contribution < -0.4 is 0 Å². The molecule has 2 nitrogen and oxygen atoms in total. The van der Waals surface area contributed by atoms with E-state index < -0.39 is 0 Å². The number of aliphatic hydroxyl groups excluding tert-OH is 2. The molecule has 2 bridgehead atoms. The van der Waals surface area contributed by atoms with Gasteiger partial charge in [-0.15, -0.1) is 0 Å². The molecule has 4 aliphatic rings. The number of aliphatic hydroxyl groups is 2. The van der Waals surface area contributed by atoms with Crippen LogP contribution >= 0.6 is 0 Å². The fourth-order valence-corrected chi connectivity index (χ4v) is 7.90. The number of hydrogen-bond acceptors (Lipinski definition) is 2. The van der Waals surface area contributed by atoms with Gasteiger partial charge in [0.05, 0.1) is 12.2 Å². The standard InChI is InChI=1S/C20H34O2/c1-17(2)6-5-7-19(4)15(17)11-14(21)13-10-16(22)18(3)8-9-20(13,19)12-18/h13-16,21-22H,5-12H2,1-4H3/t13-,14+,15+,16-,18?,19+,20+/m1/s1. The first-order valence-corrected chi connectivity index (χ1v) is 9.51. The zero-order valence-electron chi connectivity index (χ0n) is 14.9. The maximum Gasteiger partial charge on any atom is 0.0597 e. The van der Waals surface area contributed by atoms with Crippen LogP contribution in [-0.2, 0) is 0 Å². The first kappa shape index (κ1) is 15.4. The zero-order chi connectivity index (χ0) is 16.0. The second-order valence-corrected chi connectivity index (χ2v) is 10.5. The Morgan fingerprint density at radius 1 is 0.864 bits per heavy atom. The van der Waals surface area contributed by atoms with Crippen molar-refractivity contribution in [3.63, 3.8) is 0 Å². The van der Waals surface area contributed by atoms with Crippen molar-refractivity contribution in [3.8, 4) is 0 Å². The van der Waals surface area contributed by atoms with Crippen molar-refractivity contribution in [1.29, 1.82) is 0 Å². The van der Waals surface area contributed by atoms with E-state index in [1.165, 1.54) is 25.7 Å². The molecule has 4 fully saturated rings. The summed E-state index contributed by atoms with van der Waals surface area (Å²) in [6.07, 6.45) is 8.88. The van der Waals surface area contributed by atoms with Crippen molar-refractivity contribution >= 4 is 0 Å². The molecule has 4 saturated carbocycles. The van der Waals surface area contributed by atoms with Crippen LogP contribution in [0.25, 0.3) is 0 Å². The predicted octanol–water partition coefficient (Wildman–Crippen LogP) is 4.14. The molecule has 0 aromatic heterocycles. The van der Waals surface area contributed by atoms with Gasteiger partial charge in [0.1, 0.15) is 0 Å². The summed E-state index contributed by atoms with van der Waals surface area (Å²) in [6.45, 7) is 9.73. The second kappa shape index (κ2) is 4.30. The number of fused-ring (bicyclic) bond motifs is 2. The normalized spacial score (nSPS) is 59.7. The van der Waals surface area contributed by atoms with Gasteiger partial charge in [0.2, 0.25) is 0 Å². The molecule has 2 heteroatoms. The number of hydrogen-bond donors (Lipinski definition) is 2. The minimum atomic E-state index is -0.209. The molecular formula is C20H34O2. The van der Waals surface area contributed by atoms with Crippen LogP contribution in [0.15, 0.2) is 0 Å². The van der Waals surface area contributed by atoms with Gasteiger partial charge in [0, 0.05) is 0 Å². The van der Waals surface area contributed by atoms with E-state index in [1.807, 2.05) is 0 Å². The Kier molecular flexibility index (Phi) is 3.02. The van der Waals surface area contributed by atoms with Crippen LogP contribution in [0.2, 0.25) is 0 Å². The Labute approximate surface area is 135 Å². The van der Waals surface area contributed by atoms with Gasteiger partial charge in [-0.1, -0.05) is 34.1 Å². The molecule has 2 N–H and O–H groups in total. The van der Waals surface area contributed by atoms with E-state index in [9.17, 15) is 10.2 Å². The van der Waals surface area contributed by atoms with E-state index in [1.54, 1.807) is 0 Å². The molecule has 0 radical (unpaired) electrons. The molecule has 0 amide bonds. The molecule has 0 aliphatic heterocycles. The lowest BCUT2D eigenvalue weighted by Gasteiger charge is -2.68. The van der Waals surface area contributed by atoms with E-state index in [2.05, 4.69) is 27.7 Å². The third kappa shape index (κ3) is 1.64. The van der Waals surface area contributed by atoms with Gasteiger partial charge in [-0.05, 0) is 78.4 Å². The van der Waals surface area contributed by atoms with Crippen LogP contribution in [0.3, 0.4) is 0 Å². The summed E-state index contributed by atoms with van der Waals surface area (Å²) in [5, 5.41) is 21.7. The molecule has 22 heavy (non-hydrogen) atoms. The van der Waals surface area contributed by atoms with E-state index >= 15 is 0 Å². The van der Waals surface area contributed by atoms with E-state index in [0.29, 0.717) is 22.7 Å². The highest BCUT2D eigenvalue weighted by Gasteiger charge is 2.70. The smallest absolute Gasteiger partial charge is 0.0597 e. The van der Waals surface area contributed by atoms with Gasteiger partial charge < -0.3 is 10.2 Å². The minimum Gasteiger partial charge on any atom is -0.393 e. The van der Waals surface area contributed by atoms with E-state index in [4.69, 9.17) is 0 Å². The van der Waals surface area contributed by atoms with Gasteiger partial charge in [0.15, 0.2) is 0 Å². The predicted molar refractivity (Wildman–Crippen MR) is 88.4 cm³/mol. The van der Waals surface area contributed by atoms with Crippen LogP contribution in [0, 0.1) is 33.5 Å². The average Bonchev–Trinajstić information content (AvgIpc) is 2.74. The summed E-state index contributed by atoms with van der Waals surface area (Å²) < 4.78 is 0. The lowest BCUT2D eigenvalue weighted by Crippen LogP contribution is -2.64. The Balaban J connectivity index is 1.83. The van der Waals surface area contributed by atoms with Crippen LogP contribution in [0.4, 0.5) is 0 Å². The summed E-state index contributed by atoms with van der Waals surface area (Å²) in [5.41, 5.74) is 1.09. The molecule has 4 rings (SSSR count). The minimum absolute atomic E-state index is 0.0999. The van der Waals surface area contributed by atoms with E-state index in [0.717, 1.165) is 25.7 Å². The average molecular weight is 306 g/mol. The maximum absolute atomic E-state index is 11.0. The summed E-state index contributed by atoms with van der Waals surface area (Å²) in [4.78, 5) is 0. The first-order valence-electron chi connectivity index (χ1n) is 9.51. The highest BCUT2D eigenvalue weighted by Crippen LogP contribution is 2.76. The highest BCUT2D eigenvalue weighted by atomic mass is 16.3. The van der Waals surface area contributed by atoms with E-state index in [-0.39, 0.29) is 23.0 Å². The summed E-state index contributed by atoms with van der Waals surface area (Å²) in [5.74, 6) is 0.964. The summed E-state index contributed by atoms with van der Waals surface area (Å²) >= 11 is 0. The van der Waals surface area contributed by atoms with Crippen molar-refractivity contribution in [2.24, 2.45) is 33.5 Å². The van der Waals surface area contributed by atoms with Gasteiger partial charge >= 0.3 is 0 Å². The van der Waals surface area contributed by atoms with Gasteiger partial charge in [-0.25, -0.2) is 0 Å².